The van der Waals surface area contributed by atoms with Crippen LogP contribution in [-0.2, 0) is 16.1 Å². The van der Waals surface area contributed by atoms with E-state index in [1.165, 1.54) is 0 Å². The summed E-state index contributed by atoms with van der Waals surface area (Å²) in [5.74, 6) is -1.34. The largest absolute Gasteiger partial charge is 0.480 e. The molecule has 0 heterocycles. The second kappa shape index (κ2) is 6.18. The summed E-state index contributed by atoms with van der Waals surface area (Å²) in [6.45, 7) is -0.0448. The molecule has 6 heteroatoms. The molecule has 0 saturated heterocycles. The zero-order valence-electron chi connectivity index (χ0n) is 10.9. The standard InChI is InChI=1S/C14H16N2O4/c17-12(18)8-16-14(20)11-3-1-2-9(6-11)7-15-13(19)10-4-5-10/h1-3,6,10H,4-5,7-8H2,(H,15,19)(H,16,20)(H,17,18). The summed E-state index contributed by atoms with van der Waals surface area (Å²) in [4.78, 5) is 33.6. The van der Waals surface area contributed by atoms with E-state index in [4.69, 9.17) is 5.11 Å². The Morgan fingerprint density at radius 2 is 1.95 bits per heavy atom. The monoisotopic (exact) mass is 276 g/mol. The molecule has 106 valence electrons. The van der Waals surface area contributed by atoms with Gasteiger partial charge in [0.1, 0.15) is 6.54 Å². The van der Waals surface area contributed by atoms with Crippen molar-refractivity contribution in [3.05, 3.63) is 35.4 Å². The molecule has 6 nitrogen and oxygen atoms in total. The van der Waals surface area contributed by atoms with E-state index in [9.17, 15) is 14.4 Å². The van der Waals surface area contributed by atoms with E-state index in [0.29, 0.717) is 12.1 Å². The molecule has 3 N–H and O–H groups in total. The average Bonchev–Trinajstić information content (AvgIpc) is 3.27. The number of carbonyl (C=O) groups is 3. The summed E-state index contributed by atoms with van der Waals surface area (Å²) in [5, 5.41) is 13.6. The molecule has 0 unspecified atom stereocenters. The Morgan fingerprint density at radius 3 is 2.60 bits per heavy atom. The third kappa shape index (κ3) is 4.08. The van der Waals surface area contributed by atoms with E-state index in [2.05, 4.69) is 10.6 Å². The first-order valence-electron chi connectivity index (χ1n) is 6.43. The third-order valence-electron chi connectivity index (χ3n) is 3.00. The molecule has 1 aliphatic rings. The van der Waals surface area contributed by atoms with Crippen LogP contribution < -0.4 is 10.6 Å². The number of hydrogen-bond acceptors (Lipinski definition) is 3. The molecule has 0 aliphatic heterocycles. The van der Waals surface area contributed by atoms with Crippen molar-refractivity contribution >= 4 is 17.8 Å². The highest BCUT2D eigenvalue weighted by Gasteiger charge is 2.29. The van der Waals surface area contributed by atoms with Gasteiger partial charge < -0.3 is 15.7 Å². The summed E-state index contributed by atoms with van der Waals surface area (Å²) >= 11 is 0. The minimum atomic E-state index is -1.09. The highest BCUT2D eigenvalue weighted by atomic mass is 16.4. The smallest absolute Gasteiger partial charge is 0.322 e. The molecule has 0 bridgehead atoms. The van der Waals surface area contributed by atoms with Gasteiger partial charge in [-0.05, 0) is 30.5 Å². The number of amides is 2. The zero-order valence-corrected chi connectivity index (χ0v) is 10.9. The number of nitrogens with one attached hydrogen (secondary N) is 2. The van der Waals surface area contributed by atoms with Crippen LogP contribution in [0.25, 0.3) is 0 Å². The van der Waals surface area contributed by atoms with Gasteiger partial charge in [0.25, 0.3) is 5.91 Å². The van der Waals surface area contributed by atoms with Crippen LogP contribution >= 0.6 is 0 Å². The molecule has 1 aromatic rings. The number of hydrogen-bond donors (Lipinski definition) is 3. The lowest BCUT2D eigenvalue weighted by atomic mass is 10.1. The molecule has 0 aromatic heterocycles. The zero-order chi connectivity index (χ0) is 14.5. The highest BCUT2D eigenvalue weighted by Crippen LogP contribution is 2.28. The predicted octanol–water partition coefficient (Wildman–Crippen LogP) is 0.527. The van der Waals surface area contributed by atoms with Crippen LogP contribution in [0.1, 0.15) is 28.8 Å². The van der Waals surface area contributed by atoms with Crippen molar-refractivity contribution < 1.29 is 19.5 Å². The van der Waals surface area contributed by atoms with Crippen molar-refractivity contribution in [1.29, 1.82) is 0 Å². The molecular weight excluding hydrogens is 260 g/mol. The van der Waals surface area contributed by atoms with Crippen LogP contribution in [0.3, 0.4) is 0 Å². The topological polar surface area (TPSA) is 95.5 Å². The lowest BCUT2D eigenvalue weighted by molar-refractivity contribution is -0.135. The number of aliphatic carboxylic acids is 1. The van der Waals surface area contributed by atoms with Crippen molar-refractivity contribution in [3.63, 3.8) is 0 Å². The van der Waals surface area contributed by atoms with Gasteiger partial charge in [-0.2, -0.15) is 0 Å². The molecule has 0 atom stereocenters. The van der Waals surface area contributed by atoms with Gasteiger partial charge in [0.2, 0.25) is 5.91 Å². The summed E-state index contributed by atoms with van der Waals surface area (Å²) in [5.41, 5.74) is 1.19. The van der Waals surface area contributed by atoms with E-state index in [0.717, 1.165) is 18.4 Å². The SMILES string of the molecule is O=C(O)CNC(=O)c1cccc(CNC(=O)C2CC2)c1. The van der Waals surface area contributed by atoms with Crippen LogP contribution in [0.15, 0.2) is 24.3 Å². The van der Waals surface area contributed by atoms with Crippen LogP contribution in [0.2, 0.25) is 0 Å². The summed E-state index contributed by atoms with van der Waals surface area (Å²) in [6, 6.07) is 6.75. The average molecular weight is 276 g/mol. The molecule has 0 spiro atoms. The lowest BCUT2D eigenvalue weighted by Crippen LogP contribution is -2.29. The number of carbonyl (C=O) groups excluding carboxylic acids is 2. The number of rotatable bonds is 6. The quantitative estimate of drug-likeness (QED) is 0.706. The molecule has 1 aliphatic carbocycles. The Kier molecular flexibility index (Phi) is 4.34. The first-order chi connectivity index (χ1) is 9.56. The van der Waals surface area contributed by atoms with E-state index in [-0.39, 0.29) is 11.8 Å². The molecule has 1 aromatic carbocycles. The molecule has 1 fully saturated rings. The van der Waals surface area contributed by atoms with Crippen molar-refractivity contribution in [2.45, 2.75) is 19.4 Å². The summed E-state index contributed by atoms with van der Waals surface area (Å²) < 4.78 is 0. The maximum absolute atomic E-state index is 11.7. The van der Waals surface area contributed by atoms with Crippen LogP contribution in [-0.4, -0.2) is 29.4 Å². The maximum atomic E-state index is 11.7. The minimum absolute atomic E-state index is 0.0470. The van der Waals surface area contributed by atoms with Crippen LogP contribution in [0.4, 0.5) is 0 Å². The Labute approximate surface area is 116 Å². The number of benzene rings is 1. The van der Waals surface area contributed by atoms with Gasteiger partial charge in [0, 0.05) is 18.0 Å². The second-order valence-electron chi connectivity index (χ2n) is 4.77. The molecule has 1 saturated carbocycles. The van der Waals surface area contributed by atoms with Crippen LogP contribution in [0.5, 0.6) is 0 Å². The second-order valence-corrected chi connectivity index (χ2v) is 4.77. The van der Waals surface area contributed by atoms with Crippen molar-refractivity contribution in [2.24, 2.45) is 5.92 Å². The fourth-order valence-corrected chi connectivity index (χ4v) is 1.76. The summed E-state index contributed by atoms with van der Waals surface area (Å²) in [7, 11) is 0. The molecular formula is C14H16N2O4. The first kappa shape index (κ1) is 14.0. The van der Waals surface area contributed by atoms with Gasteiger partial charge >= 0.3 is 5.97 Å². The lowest BCUT2D eigenvalue weighted by Gasteiger charge is -2.07. The van der Waals surface area contributed by atoms with E-state index < -0.39 is 18.4 Å². The van der Waals surface area contributed by atoms with Gasteiger partial charge in [-0.1, -0.05) is 12.1 Å². The van der Waals surface area contributed by atoms with E-state index in [1.54, 1.807) is 24.3 Å². The van der Waals surface area contributed by atoms with Gasteiger partial charge in [-0.25, -0.2) is 0 Å². The highest BCUT2D eigenvalue weighted by molar-refractivity contribution is 5.95. The fraction of sp³-hybridized carbons (Fsp3) is 0.357. The maximum Gasteiger partial charge on any atom is 0.322 e. The number of carboxylic acids is 1. The number of carboxylic acid groups (broad SMARTS) is 1. The molecule has 2 rings (SSSR count). The Balaban J connectivity index is 1.90. The minimum Gasteiger partial charge on any atom is -0.480 e. The molecule has 20 heavy (non-hydrogen) atoms. The van der Waals surface area contributed by atoms with Gasteiger partial charge in [0.05, 0.1) is 0 Å². The Hall–Kier alpha value is -2.37. The van der Waals surface area contributed by atoms with Crippen LogP contribution in [0, 0.1) is 5.92 Å². The predicted molar refractivity (Wildman–Crippen MR) is 71.0 cm³/mol. The van der Waals surface area contributed by atoms with Crippen molar-refractivity contribution in [3.8, 4) is 0 Å². The van der Waals surface area contributed by atoms with E-state index in [1.807, 2.05) is 0 Å². The normalized spacial score (nSPS) is 13.6. The van der Waals surface area contributed by atoms with Crippen molar-refractivity contribution in [2.75, 3.05) is 6.54 Å². The third-order valence-corrected chi connectivity index (χ3v) is 3.00. The van der Waals surface area contributed by atoms with Crippen molar-refractivity contribution in [1.82, 2.24) is 10.6 Å². The van der Waals surface area contributed by atoms with E-state index >= 15 is 0 Å². The first-order valence-corrected chi connectivity index (χ1v) is 6.43. The summed E-state index contributed by atoms with van der Waals surface area (Å²) in [6.07, 6.45) is 1.90. The Bertz CT molecular complexity index is 538. The van der Waals surface area contributed by atoms with Gasteiger partial charge in [0.15, 0.2) is 0 Å². The molecule has 2 amide bonds. The molecule has 0 radical (unpaired) electrons. The fourth-order valence-electron chi connectivity index (χ4n) is 1.76. The van der Waals surface area contributed by atoms with Gasteiger partial charge in [-0.15, -0.1) is 0 Å². The Morgan fingerprint density at radius 1 is 1.20 bits per heavy atom. The van der Waals surface area contributed by atoms with Gasteiger partial charge in [-0.3, -0.25) is 14.4 Å².